The Morgan fingerprint density at radius 3 is 2.67 bits per heavy atom. The number of rotatable bonds is 5. The number of aromatic nitrogens is 2. The molecule has 1 amide bonds. The summed E-state index contributed by atoms with van der Waals surface area (Å²) in [4.78, 5) is 20.8. The van der Waals surface area contributed by atoms with Gasteiger partial charge < -0.3 is 14.6 Å². The lowest BCUT2D eigenvalue weighted by Crippen LogP contribution is -2.13. The minimum absolute atomic E-state index is 0.142. The highest BCUT2D eigenvalue weighted by Gasteiger charge is 2.19. The van der Waals surface area contributed by atoms with Crippen molar-refractivity contribution in [3.8, 4) is 23.0 Å². The molecule has 0 aliphatic heterocycles. The van der Waals surface area contributed by atoms with Gasteiger partial charge in [0.05, 0.1) is 22.3 Å². The number of fused-ring (bicyclic) bond motifs is 1. The molecular weight excluding hydrogens is 449 g/mol. The molecule has 7 nitrogen and oxygen atoms in total. The summed E-state index contributed by atoms with van der Waals surface area (Å²) >= 11 is 13.8. The molecule has 0 fully saturated rings. The molecule has 2 aromatic carbocycles. The number of carbonyl (C=O) groups excluding carboxylic acids is 1. The van der Waals surface area contributed by atoms with E-state index < -0.39 is 5.91 Å². The van der Waals surface area contributed by atoms with Gasteiger partial charge >= 0.3 is 0 Å². The predicted octanol–water partition coefficient (Wildman–Crippen LogP) is 5.76. The third-order valence-electron chi connectivity index (χ3n) is 4.06. The lowest BCUT2D eigenvalue weighted by atomic mass is 10.3. The largest absolute Gasteiger partial charge is 0.503 e. The molecule has 0 radical (unpaired) electrons. The highest BCUT2D eigenvalue weighted by Crippen LogP contribution is 2.41. The fourth-order valence-electron chi connectivity index (χ4n) is 2.64. The monoisotopic (exact) mass is 461 g/mol. The van der Waals surface area contributed by atoms with Gasteiger partial charge in [0.2, 0.25) is 0 Å². The first-order valence-electron chi connectivity index (χ1n) is 8.52. The first kappa shape index (κ1) is 20.2. The zero-order valence-corrected chi connectivity index (χ0v) is 17.7. The van der Waals surface area contributed by atoms with Crippen LogP contribution >= 0.6 is 34.5 Å². The minimum Gasteiger partial charge on any atom is -0.503 e. The van der Waals surface area contributed by atoms with Crippen LogP contribution in [0.15, 0.2) is 48.7 Å². The molecule has 0 saturated heterocycles. The van der Waals surface area contributed by atoms with E-state index >= 15 is 0 Å². The third-order valence-corrected chi connectivity index (χ3v) is 5.86. The van der Waals surface area contributed by atoms with E-state index in [0.717, 1.165) is 11.3 Å². The number of methoxy groups -OCH3 is 1. The van der Waals surface area contributed by atoms with Crippen molar-refractivity contribution in [2.45, 2.75) is 0 Å². The number of ether oxygens (including phenoxy) is 2. The summed E-state index contributed by atoms with van der Waals surface area (Å²) in [5, 5.41) is 13.8. The van der Waals surface area contributed by atoms with Crippen molar-refractivity contribution >= 4 is 55.8 Å². The molecule has 0 atom stereocenters. The number of amides is 1. The van der Waals surface area contributed by atoms with Crippen molar-refractivity contribution in [1.29, 1.82) is 0 Å². The molecule has 0 bridgehead atoms. The van der Waals surface area contributed by atoms with Crippen molar-refractivity contribution in [3.05, 3.63) is 64.4 Å². The van der Waals surface area contributed by atoms with Crippen LogP contribution < -0.4 is 14.8 Å². The second-order valence-corrected chi connectivity index (χ2v) is 7.73. The Labute approximate surface area is 184 Å². The molecule has 4 rings (SSSR count). The lowest BCUT2D eigenvalue weighted by Gasteiger charge is -2.08. The molecule has 0 unspecified atom stereocenters. The van der Waals surface area contributed by atoms with Crippen LogP contribution in [-0.2, 0) is 0 Å². The van der Waals surface area contributed by atoms with Gasteiger partial charge in [-0.1, -0.05) is 46.7 Å². The van der Waals surface area contributed by atoms with Crippen LogP contribution in [0, 0.1) is 0 Å². The molecule has 152 valence electrons. The fraction of sp³-hybridized carbons (Fsp3) is 0.0500. The van der Waals surface area contributed by atoms with Gasteiger partial charge in [-0.15, -0.1) is 0 Å². The normalized spacial score (nSPS) is 10.8. The van der Waals surface area contributed by atoms with E-state index in [2.05, 4.69) is 15.3 Å². The molecule has 10 heteroatoms. The Hall–Kier alpha value is -3.07. The van der Waals surface area contributed by atoms with Gasteiger partial charge in [0.1, 0.15) is 16.5 Å². The molecular formula is C20H13Cl2N3O4S. The molecule has 0 aliphatic carbocycles. The van der Waals surface area contributed by atoms with Crippen LogP contribution in [0.2, 0.25) is 10.0 Å². The summed E-state index contributed by atoms with van der Waals surface area (Å²) in [6, 6.07) is 11.9. The average Bonchev–Trinajstić information content (AvgIpc) is 3.15. The van der Waals surface area contributed by atoms with Crippen LogP contribution in [0.25, 0.3) is 10.2 Å². The maximum Gasteiger partial charge on any atom is 0.280 e. The first-order chi connectivity index (χ1) is 14.5. The molecule has 2 N–H and O–H groups in total. The van der Waals surface area contributed by atoms with E-state index in [1.807, 2.05) is 0 Å². The van der Waals surface area contributed by atoms with Crippen LogP contribution in [-0.4, -0.2) is 28.1 Å². The minimum atomic E-state index is -0.630. The summed E-state index contributed by atoms with van der Waals surface area (Å²) < 4.78 is 11.4. The average molecular weight is 462 g/mol. The van der Waals surface area contributed by atoms with Crippen molar-refractivity contribution in [3.63, 3.8) is 0 Å². The van der Waals surface area contributed by atoms with E-state index in [1.165, 1.54) is 19.4 Å². The zero-order valence-electron chi connectivity index (χ0n) is 15.3. The quantitative estimate of drug-likeness (QED) is 0.392. The number of pyridine rings is 1. The maximum absolute atomic E-state index is 12.5. The summed E-state index contributed by atoms with van der Waals surface area (Å²) in [7, 11) is 1.38. The Morgan fingerprint density at radius 2 is 1.90 bits per heavy atom. The first-order valence-corrected chi connectivity index (χ1v) is 10.1. The standard InChI is InChI=1S/C20H13Cl2N3O4S/c1-28-14-8-9-23-16(17(14)26)19(27)25-20-24-11-6-7-13(15(22)18(11)30-20)29-12-5-3-2-4-10(12)21/h2-9,26H,1H3,(H,24,25,27). The second-order valence-electron chi connectivity index (χ2n) is 5.94. The number of nitrogens with one attached hydrogen (secondary N) is 1. The lowest BCUT2D eigenvalue weighted by molar-refractivity contribution is 0.101. The van der Waals surface area contributed by atoms with Crippen LogP contribution in [0.3, 0.4) is 0 Å². The van der Waals surface area contributed by atoms with Crippen molar-refractivity contribution in [2.24, 2.45) is 0 Å². The van der Waals surface area contributed by atoms with E-state index in [-0.39, 0.29) is 22.3 Å². The fourth-order valence-corrected chi connectivity index (χ4v) is 4.02. The highest BCUT2D eigenvalue weighted by atomic mass is 35.5. The topological polar surface area (TPSA) is 93.6 Å². The molecule has 0 spiro atoms. The number of thiazole rings is 1. The van der Waals surface area contributed by atoms with E-state index in [1.54, 1.807) is 36.4 Å². The van der Waals surface area contributed by atoms with Gasteiger partial charge in [-0.25, -0.2) is 9.97 Å². The number of hydrogen-bond acceptors (Lipinski definition) is 7. The maximum atomic E-state index is 12.5. The molecule has 0 saturated carbocycles. The smallest absolute Gasteiger partial charge is 0.280 e. The van der Waals surface area contributed by atoms with Crippen molar-refractivity contribution < 1.29 is 19.4 Å². The van der Waals surface area contributed by atoms with Gasteiger partial charge in [0, 0.05) is 12.3 Å². The Kier molecular flexibility index (Phi) is 5.63. The Morgan fingerprint density at radius 1 is 1.10 bits per heavy atom. The van der Waals surface area contributed by atoms with Crippen molar-refractivity contribution in [2.75, 3.05) is 12.4 Å². The molecule has 2 heterocycles. The number of benzene rings is 2. The summed E-state index contributed by atoms with van der Waals surface area (Å²) in [6.07, 6.45) is 1.36. The number of anilines is 1. The van der Waals surface area contributed by atoms with Gasteiger partial charge in [-0.05, 0) is 24.3 Å². The molecule has 2 aromatic heterocycles. The number of para-hydroxylation sites is 1. The summed E-state index contributed by atoms with van der Waals surface area (Å²) in [5.41, 5.74) is 0.400. The van der Waals surface area contributed by atoms with Crippen LogP contribution in [0.5, 0.6) is 23.0 Å². The number of hydrogen-bond donors (Lipinski definition) is 2. The number of aromatic hydroxyl groups is 1. The predicted molar refractivity (Wildman–Crippen MR) is 117 cm³/mol. The van der Waals surface area contributed by atoms with Crippen molar-refractivity contribution in [1.82, 2.24) is 9.97 Å². The van der Waals surface area contributed by atoms with Gasteiger partial charge in [0.15, 0.2) is 22.3 Å². The van der Waals surface area contributed by atoms with Crippen LogP contribution in [0.1, 0.15) is 10.5 Å². The zero-order chi connectivity index (χ0) is 21.3. The SMILES string of the molecule is COc1ccnc(C(=O)Nc2nc3ccc(Oc4ccccc4Cl)c(Cl)c3s2)c1O. The Bertz CT molecular complexity index is 1260. The molecule has 0 aliphatic rings. The number of carbonyl (C=O) groups is 1. The summed E-state index contributed by atoms with van der Waals surface area (Å²) in [6.45, 7) is 0. The highest BCUT2D eigenvalue weighted by molar-refractivity contribution is 7.23. The second kappa shape index (κ2) is 8.35. The third kappa shape index (κ3) is 3.85. The molecule has 30 heavy (non-hydrogen) atoms. The van der Waals surface area contributed by atoms with Gasteiger partial charge in [-0.2, -0.15) is 0 Å². The number of halogens is 2. The van der Waals surface area contributed by atoms with E-state index in [0.29, 0.717) is 31.8 Å². The Balaban J connectivity index is 1.62. The number of nitrogens with zero attached hydrogens (tertiary/aromatic N) is 2. The van der Waals surface area contributed by atoms with Gasteiger partial charge in [0.25, 0.3) is 5.91 Å². The summed E-state index contributed by atoms with van der Waals surface area (Å²) in [5.74, 6) is 0.0361. The van der Waals surface area contributed by atoms with Gasteiger partial charge in [-0.3, -0.25) is 10.1 Å². The van der Waals surface area contributed by atoms with E-state index in [4.69, 9.17) is 32.7 Å². The van der Waals surface area contributed by atoms with Crippen LogP contribution in [0.4, 0.5) is 5.13 Å². The molecule has 4 aromatic rings. The van der Waals surface area contributed by atoms with E-state index in [9.17, 15) is 9.90 Å².